The SMILES string of the molecule is C[C@]12C=CC(=O)C=C1[C@@H](F)C[C@H]1[C@@H]3C[C@H]4O[C@@H](c5ccn(Cc6ccc(N)cc6)c5)O[C@@]4(C(=O)CO)[C@@]3(C)C[C@H](O)[C@@]12F. The van der Waals surface area contributed by atoms with E-state index in [1.807, 2.05) is 47.3 Å². The van der Waals surface area contributed by atoms with Gasteiger partial charge >= 0.3 is 0 Å². The molecule has 228 valence electrons. The molecular formula is C33H36F2N2O6. The number of aromatic nitrogens is 1. The van der Waals surface area contributed by atoms with Gasteiger partial charge in [0.2, 0.25) is 0 Å². The molecule has 2 heterocycles. The second-order valence-corrected chi connectivity index (χ2v) is 13.3. The number of benzene rings is 1. The van der Waals surface area contributed by atoms with Crippen LogP contribution in [-0.4, -0.2) is 62.6 Å². The summed E-state index contributed by atoms with van der Waals surface area (Å²) in [5.41, 5.74) is 1.57. The highest BCUT2D eigenvalue weighted by atomic mass is 19.1. The molecule has 1 saturated heterocycles. The summed E-state index contributed by atoms with van der Waals surface area (Å²) in [7, 11) is 0. The maximum absolute atomic E-state index is 17.5. The van der Waals surface area contributed by atoms with Crippen LogP contribution < -0.4 is 5.73 Å². The Kier molecular flexibility index (Phi) is 6.25. The Morgan fingerprint density at radius 3 is 2.63 bits per heavy atom. The number of ketones is 2. The lowest BCUT2D eigenvalue weighted by molar-refractivity contribution is -0.235. The maximum Gasteiger partial charge on any atom is 0.193 e. The molecule has 43 heavy (non-hydrogen) atoms. The molecule has 10 atom stereocenters. The van der Waals surface area contributed by atoms with E-state index in [1.165, 1.54) is 19.1 Å². The number of aliphatic hydroxyl groups excluding tert-OH is 2. The van der Waals surface area contributed by atoms with Crippen molar-refractivity contribution in [3.05, 3.63) is 77.7 Å². The molecular weight excluding hydrogens is 558 g/mol. The van der Waals surface area contributed by atoms with Crippen LogP contribution in [0.15, 0.2) is 66.5 Å². The summed E-state index contributed by atoms with van der Waals surface area (Å²) in [6, 6.07) is 9.36. The average Bonchev–Trinajstić information content (AvgIpc) is 3.65. The highest BCUT2D eigenvalue weighted by Crippen LogP contribution is 2.72. The van der Waals surface area contributed by atoms with Crippen molar-refractivity contribution in [1.82, 2.24) is 4.57 Å². The van der Waals surface area contributed by atoms with E-state index < -0.39 is 76.8 Å². The number of nitrogen functional groups attached to an aromatic ring is 1. The Balaban J connectivity index is 1.22. The zero-order chi connectivity index (χ0) is 30.5. The van der Waals surface area contributed by atoms with Crippen molar-refractivity contribution in [3.8, 4) is 0 Å². The zero-order valence-electron chi connectivity index (χ0n) is 24.1. The Morgan fingerprint density at radius 1 is 1.16 bits per heavy atom. The molecule has 4 N–H and O–H groups in total. The summed E-state index contributed by atoms with van der Waals surface area (Å²) in [6.45, 7) is 3.06. The summed E-state index contributed by atoms with van der Waals surface area (Å²) in [5, 5.41) is 21.8. The number of halogens is 2. The van der Waals surface area contributed by atoms with Crippen LogP contribution in [0.25, 0.3) is 0 Å². The molecule has 0 unspecified atom stereocenters. The lowest BCUT2D eigenvalue weighted by Crippen LogP contribution is -2.70. The molecule has 1 aromatic carbocycles. The number of nitrogens with two attached hydrogens (primary N) is 1. The largest absolute Gasteiger partial charge is 0.399 e. The lowest BCUT2D eigenvalue weighted by atomic mass is 9.44. The second kappa shape index (κ2) is 9.41. The third kappa shape index (κ3) is 3.67. The fourth-order valence-electron chi connectivity index (χ4n) is 9.25. The molecule has 1 aliphatic heterocycles. The monoisotopic (exact) mass is 594 g/mol. The van der Waals surface area contributed by atoms with E-state index in [0.717, 1.165) is 11.6 Å². The Bertz CT molecular complexity index is 1550. The van der Waals surface area contributed by atoms with Crippen LogP contribution in [0.5, 0.6) is 0 Å². The van der Waals surface area contributed by atoms with Gasteiger partial charge in [0.1, 0.15) is 12.8 Å². The van der Waals surface area contributed by atoms with Gasteiger partial charge in [0.05, 0.1) is 12.2 Å². The number of fused-ring (bicyclic) bond motifs is 7. The molecule has 0 amide bonds. The van der Waals surface area contributed by atoms with Crippen molar-refractivity contribution in [3.63, 3.8) is 0 Å². The van der Waals surface area contributed by atoms with Gasteiger partial charge in [-0.2, -0.15) is 0 Å². The number of aliphatic hydroxyl groups is 2. The van der Waals surface area contributed by atoms with Crippen molar-refractivity contribution < 1.29 is 38.1 Å². The van der Waals surface area contributed by atoms with Crippen LogP contribution in [0.2, 0.25) is 0 Å². The van der Waals surface area contributed by atoms with Crippen LogP contribution in [0.1, 0.15) is 50.5 Å². The van der Waals surface area contributed by atoms with E-state index >= 15 is 8.78 Å². The zero-order valence-corrected chi connectivity index (χ0v) is 24.1. The smallest absolute Gasteiger partial charge is 0.193 e. The first-order valence-electron chi connectivity index (χ1n) is 14.8. The minimum atomic E-state index is -2.29. The first-order valence-corrected chi connectivity index (χ1v) is 14.8. The summed E-state index contributed by atoms with van der Waals surface area (Å²) in [4.78, 5) is 25.8. The minimum absolute atomic E-state index is 0.0387. The van der Waals surface area contributed by atoms with Crippen molar-refractivity contribution >= 4 is 17.3 Å². The number of nitrogens with zero attached hydrogens (tertiary/aromatic N) is 1. The number of hydrogen-bond donors (Lipinski definition) is 3. The standard InChI is InChI=1S/C33H36F2N2O6/c1-30-9-7-21(39)11-24(30)25(34)12-23-22-13-28-33(27(41)17-38,31(22,2)14-26(40)32(23,30)35)43-29(42-28)19-8-10-37(16-19)15-18-3-5-20(36)6-4-18/h3-11,16,22-23,25-26,28-29,38,40H,12-15,17,36H2,1-2H3/t22-,23-,25-,26-,28+,29+,30-,31-,32-,33+/m0/s1. The van der Waals surface area contributed by atoms with Crippen LogP contribution >= 0.6 is 0 Å². The van der Waals surface area contributed by atoms with Crippen molar-refractivity contribution in [2.75, 3.05) is 12.3 Å². The van der Waals surface area contributed by atoms with E-state index in [2.05, 4.69) is 0 Å². The summed E-state index contributed by atoms with van der Waals surface area (Å²) in [5.74, 6) is -2.60. The highest BCUT2D eigenvalue weighted by Gasteiger charge is 2.80. The quantitative estimate of drug-likeness (QED) is 0.451. The van der Waals surface area contributed by atoms with E-state index in [-0.39, 0.29) is 24.8 Å². The third-order valence-electron chi connectivity index (χ3n) is 11.3. The van der Waals surface area contributed by atoms with Crippen LogP contribution in [-0.2, 0) is 25.6 Å². The van der Waals surface area contributed by atoms with Crippen molar-refractivity contribution in [2.24, 2.45) is 22.7 Å². The molecule has 1 aromatic heterocycles. The summed E-state index contributed by atoms with van der Waals surface area (Å²) >= 11 is 0. The number of alkyl halides is 2. The molecule has 2 aromatic rings. The highest BCUT2D eigenvalue weighted by molar-refractivity contribution is 6.01. The number of rotatable bonds is 5. The fourth-order valence-corrected chi connectivity index (χ4v) is 9.25. The maximum atomic E-state index is 17.5. The van der Waals surface area contributed by atoms with Gasteiger partial charge in [0.15, 0.2) is 29.1 Å². The van der Waals surface area contributed by atoms with E-state index in [0.29, 0.717) is 17.8 Å². The Hall–Kier alpha value is -3.18. The number of hydrogen-bond acceptors (Lipinski definition) is 7. The first-order chi connectivity index (χ1) is 20.4. The molecule has 4 aliphatic carbocycles. The number of ether oxygens (including phenoxy) is 2. The summed E-state index contributed by atoms with van der Waals surface area (Å²) < 4.78 is 48.2. The molecule has 0 spiro atoms. The molecule has 3 saturated carbocycles. The van der Waals surface area contributed by atoms with Gasteiger partial charge in [-0.05, 0) is 73.6 Å². The van der Waals surface area contributed by atoms with Crippen molar-refractivity contribution in [1.29, 1.82) is 0 Å². The Morgan fingerprint density at radius 2 is 1.91 bits per heavy atom. The normalized spacial score (nSPS) is 43.0. The molecule has 5 aliphatic rings. The molecule has 0 radical (unpaired) electrons. The molecule has 10 heteroatoms. The first kappa shape index (κ1) is 28.6. The number of Topliss-reactive ketones (excluding diaryl/α,β-unsaturated/α-hetero) is 1. The van der Waals surface area contributed by atoms with Gasteiger partial charge in [-0.15, -0.1) is 0 Å². The van der Waals surface area contributed by atoms with Gasteiger partial charge < -0.3 is 30.0 Å². The van der Waals surface area contributed by atoms with Gasteiger partial charge in [-0.1, -0.05) is 25.1 Å². The van der Waals surface area contributed by atoms with E-state index in [9.17, 15) is 19.8 Å². The van der Waals surface area contributed by atoms with Gasteiger partial charge in [0.25, 0.3) is 0 Å². The Labute approximate surface area is 248 Å². The number of allylic oxidation sites excluding steroid dienone is 4. The molecule has 7 rings (SSSR count). The molecule has 4 fully saturated rings. The summed E-state index contributed by atoms with van der Waals surface area (Å²) in [6.07, 6.45) is 2.33. The van der Waals surface area contributed by atoms with E-state index in [1.54, 1.807) is 6.92 Å². The predicted molar refractivity (Wildman–Crippen MR) is 152 cm³/mol. The minimum Gasteiger partial charge on any atom is -0.399 e. The van der Waals surface area contributed by atoms with Gasteiger partial charge in [0, 0.05) is 46.9 Å². The van der Waals surface area contributed by atoms with Gasteiger partial charge in [-0.3, -0.25) is 9.59 Å². The van der Waals surface area contributed by atoms with Crippen LogP contribution in [0.3, 0.4) is 0 Å². The van der Waals surface area contributed by atoms with Crippen LogP contribution in [0.4, 0.5) is 14.5 Å². The average molecular weight is 595 g/mol. The fraction of sp³-hybridized carbons (Fsp3) is 0.515. The van der Waals surface area contributed by atoms with E-state index in [4.69, 9.17) is 15.2 Å². The third-order valence-corrected chi connectivity index (χ3v) is 11.3. The van der Waals surface area contributed by atoms with Gasteiger partial charge in [-0.25, -0.2) is 8.78 Å². The molecule has 8 nitrogen and oxygen atoms in total. The lowest BCUT2D eigenvalue weighted by Gasteiger charge is -2.63. The number of carbonyl (C=O) groups is 2. The number of anilines is 1. The number of carbonyl (C=O) groups excluding carboxylic acids is 2. The topological polar surface area (TPSA) is 124 Å². The predicted octanol–water partition coefficient (Wildman–Crippen LogP) is 3.76. The molecule has 0 bridgehead atoms. The van der Waals surface area contributed by atoms with Crippen LogP contribution in [0, 0.1) is 22.7 Å². The second-order valence-electron chi connectivity index (χ2n) is 13.3. The van der Waals surface area contributed by atoms with Crippen molar-refractivity contribution in [2.45, 2.75) is 75.6 Å².